The second-order valence-corrected chi connectivity index (χ2v) is 4.82. The number of hydrogen-bond donors (Lipinski definition) is 1. The van der Waals surface area contributed by atoms with Crippen molar-refractivity contribution in [3.05, 3.63) is 29.8 Å². The van der Waals surface area contributed by atoms with Crippen molar-refractivity contribution >= 4 is 5.91 Å². The van der Waals surface area contributed by atoms with Gasteiger partial charge in [0.25, 0.3) is 0 Å². The van der Waals surface area contributed by atoms with E-state index in [4.69, 9.17) is 4.74 Å². The molecule has 1 atom stereocenters. The second-order valence-electron chi connectivity index (χ2n) is 4.82. The third-order valence-electron chi connectivity index (χ3n) is 3.13. The highest BCUT2D eigenvalue weighted by molar-refractivity contribution is 5.84. The van der Waals surface area contributed by atoms with Gasteiger partial charge in [-0.3, -0.25) is 4.79 Å². The lowest BCUT2D eigenvalue weighted by Crippen LogP contribution is -2.36. The zero-order valence-electron chi connectivity index (χ0n) is 11.0. The van der Waals surface area contributed by atoms with Crippen LogP contribution in [0.4, 0.5) is 0 Å². The number of ether oxygens (including phenoxy) is 1. The van der Waals surface area contributed by atoms with Crippen molar-refractivity contribution in [1.29, 1.82) is 0 Å². The normalized spacial score (nSPS) is 18.1. The maximum Gasteiger partial charge on any atom is 0.227 e. The summed E-state index contributed by atoms with van der Waals surface area (Å²) < 4.78 is 5.56. The van der Waals surface area contributed by atoms with E-state index in [0.29, 0.717) is 13.2 Å². The number of carbonyl (C=O) groups is 1. The first-order chi connectivity index (χ1) is 8.68. The summed E-state index contributed by atoms with van der Waals surface area (Å²) >= 11 is 0. The Balaban J connectivity index is 1.99. The standard InChI is InChI=1S/C14H20N2O2/c1-16(2)9-8-15-14(17)12-7-10-18-13-6-4-3-5-11(12)13/h3-6,12H,7-10H2,1-2H3,(H,15,17). The van der Waals surface area contributed by atoms with Crippen LogP contribution in [0.5, 0.6) is 5.75 Å². The van der Waals surface area contributed by atoms with Crippen LogP contribution in [-0.4, -0.2) is 44.6 Å². The number of likely N-dealkylation sites (N-methyl/N-ethyl adjacent to an activating group) is 1. The molecule has 4 heteroatoms. The summed E-state index contributed by atoms with van der Waals surface area (Å²) in [6.07, 6.45) is 0.755. The molecule has 1 N–H and O–H groups in total. The molecule has 1 heterocycles. The molecule has 1 aliphatic heterocycles. The Morgan fingerprint density at radius 3 is 3.00 bits per heavy atom. The highest BCUT2D eigenvalue weighted by Gasteiger charge is 2.26. The molecule has 0 aliphatic carbocycles. The van der Waals surface area contributed by atoms with E-state index in [0.717, 1.165) is 24.3 Å². The van der Waals surface area contributed by atoms with Gasteiger partial charge in [-0.15, -0.1) is 0 Å². The molecule has 1 aromatic carbocycles. The first-order valence-electron chi connectivity index (χ1n) is 6.32. The molecule has 0 fully saturated rings. The Kier molecular flexibility index (Phi) is 4.20. The number of hydrogen-bond acceptors (Lipinski definition) is 3. The Bertz CT molecular complexity index is 418. The zero-order chi connectivity index (χ0) is 13.0. The summed E-state index contributed by atoms with van der Waals surface area (Å²) in [5.41, 5.74) is 1.01. The summed E-state index contributed by atoms with van der Waals surface area (Å²) in [6, 6.07) is 7.79. The Morgan fingerprint density at radius 2 is 2.22 bits per heavy atom. The van der Waals surface area contributed by atoms with E-state index < -0.39 is 0 Å². The zero-order valence-corrected chi connectivity index (χ0v) is 11.0. The molecule has 0 saturated heterocycles. The van der Waals surface area contributed by atoms with Crippen LogP contribution >= 0.6 is 0 Å². The smallest absolute Gasteiger partial charge is 0.227 e. The van der Waals surface area contributed by atoms with Crippen LogP contribution in [-0.2, 0) is 4.79 Å². The molecule has 0 saturated carbocycles. The van der Waals surface area contributed by atoms with Crippen molar-refractivity contribution in [1.82, 2.24) is 10.2 Å². The van der Waals surface area contributed by atoms with Crippen LogP contribution in [0.1, 0.15) is 17.9 Å². The number of rotatable bonds is 4. The van der Waals surface area contributed by atoms with Gasteiger partial charge in [-0.2, -0.15) is 0 Å². The number of nitrogens with zero attached hydrogens (tertiary/aromatic N) is 1. The van der Waals surface area contributed by atoms with Crippen molar-refractivity contribution in [3.63, 3.8) is 0 Å². The van der Waals surface area contributed by atoms with Crippen LogP contribution in [0.2, 0.25) is 0 Å². The predicted octanol–water partition coefficient (Wildman–Crippen LogP) is 1.23. The molecule has 0 radical (unpaired) electrons. The largest absolute Gasteiger partial charge is 0.493 e. The summed E-state index contributed by atoms with van der Waals surface area (Å²) in [7, 11) is 3.99. The van der Waals surface area contributed by atoms with Gasteiger partial charge in [-0.1, -0.05) is 18.2 Å². The minimum absolute atomic E-state index is 0.0721. The predicted molar refractivity (Wildman–Crippen MR) is 70.9 cm³/mol. The van der Waals surface area contributed by atoms with Crippen molar-refractivity contribution in [2.75, 3.05) is 33.8 Å². The Morgan fingerprint density at radius 1 is 1.44 bits per heavy atom. The number of nitrogens with one attached hydrogen (secondary N) is 1. The van der Waals surface area contributed by atoms with Gasteiger partial charge in [0.05, 0.1) is 12.5 Å². The van der Waals surface area contributed by atoms with Crippen molar-refractivity contribution in [3.8, 4) is 5.75 Å². The van der Waals surface area contributed by atoms with Gasteiger partial charge in [0.2, 0.25) is 5.91 Å². The molecule has 4 nitrogen and oxygen atoms in total. The number of amides is 1. The third-order valence-corrected chi connectivity index (χ3v) is 3.13. The molecule has 18 heavy (non-hydrogen) atoms. The van der Waals surface area contributed by atoms with E-state index in [1.54, 1.807) is 0 Å². The van der Waals surface area contributed by atoms with Gasteiger partial charge in [-0.25, -0.2) is 0 Å². The van der Waals surface area contributed by atoms with Crippen LogP contribution in [0.15, 0.2) is 24.3 Å². The molecular weight excluding hydrogens is 228 g/mol. The van der Waals surface area contributed by atoms with Gasteiger partial charge in [0, 0.05) is 18.7 Å². The Labute approximate surface area is 108 Å². The van der Waals surface area contributed by atoms with Crippen molar-refractivity contribution in [2.45, 2.75) is 12.3 Å². The van der Waals surface area contributed by atoms with E-state index in [-0.39, 0.29) is 11.8 Å². The van der Waals surface area contributed by atoms with Crippen LogP contribution in [0.3, 0.4) is 0 Å². The average molecular weight is 248 g/mol. The van der Waals surface area contributed by atoms with Crippen molar-refractivity contribution in [2.24, 2.45) is 0 Å². The molecule has 1 amide bonds. The third kappa shape index (κ3) is 3.01. The highest BCUT2D eigenvalue weighted by atomic mass is 16.5. The van der Waals surface area contributed by atoms with Gasteiger partial charge in [-0.05, 0) is 26.6 Å². The van der Waals surface area contributed by atoms with Crippen molar-refractivity contribution < 1.29 is 9.53 Å². The Hall–Kier alpha value is -1.55. The molecule has 1 aliphatic rings. The number of para-hydroxylation sites is 1. The average Bonchev–Trinajstić information content (AvgIpc) is 2.37. The van der Waals surface area contributed by atoms with Crippen LogP contribution in [0.25, 0.3) is 0 Å². The topological polar surface area (TPSA) is 41.6 Å². The van der Waals surface area contributed by atoms with E-state index >= 15 is 0 Å². The molecule has 0 aromatic heterocycles. The summed E-state index contributed by atoms with van der Waals surface area (Å²) in [6.45, 7) is 2.16. The second kappa shape index (κ2) is 5.87. The number of fused-ring (bicyclic) bond motifs is 1. The van der Waals surface area contributed by atoms with E-state index in [1.807, 2.05) is 38.4 Å². The lowest BCUT2D eigenvalue weighted by atomic mass is 9.92. The summed E-state index contributed by atoms with van der Waals surface area (Å²) in [5.74, 6) is 0.876. The molecule has 1 unspecified atom stereocenters. The number of benzene rings is 1. The SMILES string of the molecule is CN(C)CCNC(=O)C1CCOc2ccccc21. The maximum absolute atomic E-state index is 12.2. The van der Waals surface area contributed by atoms with Gasteiger partial charge >= 0.3 is 0 Å². The maximum atomic E-state index is 12.2. The molecule has 0 bridgehead atoms. The van der Waals surface area contributed by atoms with Crippen LogP contribution in [0, 0.1) is 0 Å². The molecule has 0 spiro atoms. The molecular formula is C14H20N2O2. The fourth-order valence-electron chi connectivity index (χ4n) is 2.14. The molecule has 1 aromatic rings. The monoisotopic (exact) mass is 248 g/mol. The lowest BCUT2D eigenvalue weighted by molar-refractivity contribution is -0.123. The van der Waals surface area contributed by atoms with Gasteiger partial charge in [0.15, 0.2) is 0 Å². The van der Waals surface area contributed by atoms with E-state index in [1.165, 1.54) is 0 Å². The summed E-state index contributed by atoms with van der Waals surface area (Å²) in [5, 5.41) is 2.99. The van der Waals surface area contributed by atoms with Gasteiger partial charge < -0.3 is 15.0 Å². The van der Waals surface area contributed by atoms with E-state index in [9.17, 15) is 4.79 Å². The fraction of sp³-hybridized carbons (Fsp3) is 0.500. The van der Waals surface area contributed by atoms with Crippen LogP contribution < -0.4 is 10.1 Å². The summed E-state index contributed by atoms with van der Waals surface area (Å²) in [4.78, 5) is 14.2. The molecule has 98 valence electrons. The quantitative estimate of drug-likeness (QED) is 0.871. The first-order valence-corrected chi connectivity index (χ1v) is 6.32. The number of carbonyl (C=O) groups excluding carboxylic acids is 1. The first kappa shape index (κ1) is 12.9. The lowest BCUT2D eigenvalue weighted by Gasteiger charge is -2.25. The molecule has 2 rings (SSSR count). The minimum Gasteiger partial charge on any atom is -0.493 e. The minimum atomic E-state index is -0.0721. The highest BCUT2D eigenvalue weighted by Crippen LogP contribution is 2.33. The van der Waals surface area contributed by atoms with Gasteiger partial charge in [0.1, 0.15) is 5.75 Å². The fourth-order valence-corrected chi connectivity index (χ4v) is 2.14. The van der Waals surface area contributed by atoms with E-state index in [2.05, 4.69) is 10.2 Å².